The number of carbonyl (C=O) groups excluding carboxylic acids is 1. The van der Waals surface area contributed by atoms with Crippen molar-refractivity contribution in [1.29, 1.82) is 0 Å². The maximum atomic E-state index is 13.0. The van der Waals surface area contributed by atoms with Crippen molar-refractivity contribution in [3.63, 3.8) is 0 Å². The molecule has 5 heteroatoms. The third kappa shape index (κ3) is 3.24. The number of hydrogen-bond acceptors (Lipinski definition) is 2. The molecule has 1 fully saturated rings. The van der Waals surface area contributed by atoms with Crippen molar-refractivity contribution in [3.8, 4) is 0 Å². The number of benzene rings is 1. The summed E-state index contributed by atoms with van der Waals surface area (Å²) in [5.41, 5.74) is 1.19. The van der Waals surface area contributed by atoms with Crippen LogP contribution in [0.15, 0.2) is 47.4 Å². The fraction of sp³-hybridized carbons (Fsp3) is 0.294. The Hall–Kier alpha value is -2.43. The third-order valence-corrected chi connectivity index (χ3v) is 4.15. The lowest BCUT2D eigenvalue weighted by Gasteiger charge is -2.13. The second-order valence-electron chi connectivity index (χ2n) is 5.67. The topological polar surface area (TPSA) is 62.0 Å². The maximum Gasteiger partial charge on any atom is 0.251 e. The highest BCUT2D eigenvalue weighted by molar-refractivity contribution is 5.94. The molecule has 114 valence electrons. The minimum absolute atomic E-state index is 0.0850. The van der Waals surface area contributed by atoms with Gasteiger partial charge in [0, 0.05) is 23.9 Å². The molecule has 0 spiro atoms. The molecule has 1 aromatic heterocycles. The lowest BCUT2D eigenvalue weighted by Crippen LogP contribution is -2.33. The zero-order valence-electron chi connectivity index (χ0n) is 12.0. The van der Waals surface area contributed by atoms with Crippen LogP contribution in [0.1, 0.15) is 41.1 Å². The Morgan fingerprint density at radius 3 is 2.68 bits per heavy atom. The van der Waals surface area contributed by atoms with Crippen LogP contribution in [-0.2, 0) is 0 Å². The van der Waals surface area contributed by atoms with Crippen molar-refractivity contribution in [2.45, 2.75) is 31.2 Å². The summed E-state index contributed by atoms with van der Waals surface area (Å²) in [7, 11) is 0. The molecule has 0 saturated heterocycles. The molecule has 0 radical (unpaired) electrons. The van der Waals surface area contributed by atoms with Gasteiger partial charge in [-0.1, -0.05) is 12.1 Å². The minimum Gasteiger partial charge on any atom is -0.349 e. The molecule has 2 unspecified atom stereocenters. The van der Waals surface area contributed by atoms with E-state index in [4.69, 9.17) is 0 Å². The second-order valence-corrected chi connectivity index (χ2v) is 5.67. The molecule has 2 aromatic rings. The summed E-state index contributed by atoms with van der Waals surface area (Å²) in [5.74, 6) is -0.123. The van der Waals surface area contributed by atoms with Crippen LogP contribution in [0.2, 0.25) is 0 Å². The summed E-state index contributed by atoms with van der Waals surface area (Å²) in [6.45, 7) is 0. The van der Waals surface area contributed by atoms with Crippen molar-refractivity contribution in [2.24, 2.45) is 0 Å². The van der Waals surface area contributed by atoms with Gasteiger partial charge in [-0.15, -0.1) is 0 Å². The molecule has 2 N–H and O–H groups in total. The Labute approximate surface area is 127 Å². The van der Waals surface area contributed by atoms with Crippen molar-refractivity contribution in [3.05, 3.63) is 69.9 Å². The largest absolute Gasteiger partial charge is 0.349 e. The van der Waals surface area contributed by atoms with Gasteiger partial charge in [0.1, 0.15) is 5.82 Å². The average molecular weight is 300 g/mol. The van der Waals surface area contributed by atoms with E-state index in [1.54, 1.807) is 18.2 Å². The summed E-state index contributed by atoms with van der Waals surface area (Å²) in [6, 6.07) is 9.52. The molecule has 22 heavy (non-hydrogen) atoms. The fourth-order valence-electron chi connectivity index (χ4n) is 3.00. The average Bonchev–Trinajstić information content (AvgIpc) is 2.96. The Balaban J connectivity index is 1.62. The fourth-order valence-corrected chi connectivity index (χ4v) is 3.00. The van der Waals surface area contributed by atoms with Crippen LogP contribution in [-0.4, -0.2) is 16.9 Å². The first-order valence-electron chi connectivity index (χ1n) is 7.37. The molecular formula is C17H17FN2O2. The number of rotatable bonds is 3. The van der Waals surface area contributed by atoms with Crippen LogP contribution in [0.5, 0.6) is 0 Å². The highest BCUT2D eigenvalue weighted by Gasteiger charge is 2.27. The van der Waals surface area contributed by atoms with Crippen molar-refractivity contribution >= 4 is 5.91 Å². The number of carbonyl (C=O) groups is 1. The predicted molar refractivity (Wildman–Crippen MR) is 81.3 cm³/mol. The molecule has 1 amide bonds. The molecule has 1 aliphatic carbocycles. The molecule has 2 atom stereocenters. The number of H-pyrrole nitrogens is 1. The number of halogens is 1. The van der Waals surface area contributed by atoms with Gasteiger partial charge in [0.2, 0.25) is 5.56 Å². The number of nitrogens with one attached hydrogen (secondary N) is 2. The van der Waals surface area contributed by atoms with Gasteiger partial charge in [-0.2, -0.15) is 0 Å². The summed E-state index contributed by atoms with van der Waals surface area (Å²) in [4.78, 5) is 25.8. The summed E-state index contributed by atoms with van der Waals surface area (Å²) < 4.78 is 13.0. The van der Waals surface area contributed by atoms with Gasteiger partial charge < -0.3 is 10.3 Å². The number of amides is 1. The van der Waals surface area contributed by atoms with Crippen molar-refractivity contribution < 1.29 is 9.18 Å². The van der Waals surface area contributed by atoms with E-state index in [-0.39, 0.29) is 23.3 Å². The molecular weight excluding hydrogens is 283 g/mol. The second kappa shape index (κ2) is 6.13. The minimum atomic E-state index is -0.289. The number of aromatic nitrogens is 1. The SMILES string of the molecule is O=C(NC1CCC(c2ccc(F)cc2)C1)c1cc[nH]c(=O)c1. The quantitative estimate of drug-likeness (QED) is 0.915. The van der Waals surface area contributed by atoms with Crippen LogP contribution in [0.4, 0.5) is 4.39 Å². The molecule has 4 nitrogen and oxygen atoms in total. The molecule has 3 rings (SSSR count). The van der Waals surface area contributed by atoms with Crippen molar-refractivity contribution in [1.82, 2.24) is 10.3 Å². The summed E-state index contributed by atoms with van der Waals surface area (Å²) in [6.07, 6.45) is 4.15. The van der Waals surface area contributed by atoms with Crippen LogP contribution in [0.25, 0.3) is 0 Å². The monoisotopic (exact) mass is 300 g/mol. The molecule has 1 aliphatic rings. The zero-order chi connectivity index (χ0) is 15.5. The number of aromatic amines is 1. The first-order valence-corrected chi connectivity index (χ1v) is 7.37. The Morgan fingerprint density at radius 1 is 1.18 bits per heavy atom. The third-order valence-electron chi connectivity index (χ3n) is 4.15. The zero-order valence-corrected chi connectivity index (χ0v) is 12.0. The van der Waals surface area contributed by atoms with Crippen LogP contribution >= 0.6 is 0 Å². The van der Waals surface area contributed by atoms with E-state index in [1.165, 1.54) is 24.4 Å². The van der Waals surface area contributed by atoms with Gasteiger partial charge in [0.15, 0.2) is 0 Å². The van der Waals surface area contributed by atoms with E-state index in [0.717, 1.165) is 24.8 Å². The van der Waals surface area contributed by atoms with Gasteiger partial charge in [0.05, 0.1) is 0 Å². The van der Waals surface area contributed by atoms with Gasteiger partial charge in [-0.3, -0.25) is 9.59 Å². The highest BCUT2D eigenvalue weighted by atomic mass is 19.1. The smallest absolute Gasteiger partial charge is 0.251 e. The molecule has 0 bridgehead atoms. The van der Waals surface area contributed by atoms with E-state index in [1.807, 2.05) is 0 Å². The van der Waals surface area contributed by atoms with E-state index < -0.39 is 0 Å². The normalized spacial score (nSPS) is 20.8. The molecule has 0 aliphatic heterocycles. The number of hydrogen-bond donors (Lipinski definition) is 2. The Bertz CT molecular complexity index is 724. The highest BCUT2D eigenvalue weighted by Crippen LogP contribution is 2.34. The Morgan fingerprint density at radius 2 is 1.95 bits per heavy atom. The standard InChI is InChI=1S/C17H17FN2O2/c18-14-4-1-11(2-5-14)12-3-6-15(9-12)20-17(22)13-7-8-19-16(21)10-13/h1-2,4-5,7-8,10,12,15H,3,6,9H2,(H,19,21)(H,20,22). The molecule has 1 saturated carbocycles. The van der Waals surface area contributed by atoms with Crippen LogP contribution in [0.3, 0.4) is 0 Å². The van der Waals surface area contributed by atoms with Gasteiger partial charge in [0.25, 0.3) is 5.91 Å². The van der Waals surface area contributed by atoms with Crippen LogP contribution < -0.4 is 10.9 Å². The lowest BCUT2D eigenvalue weighted by molar-refractivity contribution is 0.0937. The van der Waals surface area contributed by atoms with E-state index >= 15 is 0 Å². The van der Waals surface area contributed by atoms with E-state index in [0.29, 0.717) is 11.5 Å². The van der Waals surface area contributed by atoms with Gasteiger partial charge in [-0.25, -0.2) is 4.39 Å². The summed E-state index contributed by atoms with van der Waals surface area (Å²) >= 11 is 0. The summed E-state index contributed by atoms with van der Waals surface area (Å²) in [5, 5.41) is 2.97. The van der Waals surface area contributed by atoms with Crippen LogP contribution in [0, 0.1) is 5.82 Å². The Kier molecular flexibility index (Phi) is 4.04. The number of pyridine rings is 1. The van der Waals surface area contributed by atoms with Gasteiger partial charge >= 0.3 is 0 Å². The first-order chi connectivity index (χ1) is 10.6. The van der Waals surface area contributed by atoms with Gasteiger partial charge in [-0.05, 0) is 48.9 Å². The lowest BCUT2D eigenvalue weighted by atomic mass is 9.97. The predicted octanol–water partition coefficient (Wildman–Crippen LogP) is 2.58. The van der Waals surface area contributed by atoms with E-state index in [9.17, 15) is 14.0 Å². The first kappa shape index (κ1) is 14.5. The van der Waals surface area contributed by atoms with Crippen molar-refractivity contribution in [2.75, 3.05) is 0 Å². The maximum absolute atomic E-state index is 13.0. The van der Waals surface area contributed by atoms with E-state index in [2.05, 4.69) is 10.3 Å². The molecule has 1 aromatic carbocycles. The molecule has 1 heterocycles.